The standard InChI is InChI=1S/C26H30N8O10S2/c1-26(2,23(40)41)44-30-14(17-29-24(27)46-31-17)18(35)28-15-20(37)34-16(22(38)39)12(10-45-21(15)34)8-11-4-3-6-33(19(11)36)13-5-7-32(9-13)25(42)43/h8,13,15,21H,3-7,9-10H2,1-2H3,(H,28,35)(H,38,39)(H,40,41)(H,42,43)(H2,27,29,31)/b11-8+,30-14-/t13?,15-,21?/m0/s1. The molecule has 5 rings (SSSR count). The topological polar surface area (TPSA) is 258 Å². The van der Waals surface area contributed by atoms with Crippen LogP contribution in [0.3, 0.4) is 0 Å². The number of nitrogen functional groups attached to an aromatic ring is 1. The number of fused-ring (bicyclic) bond motifs is 1. The molecule has 46 heavy (non-hydrogen) atoms. The van der Waals surface area contributed by atoms with Crippen LogP contribution in [0.1, 0.15) is 38.9 Å². The summed E-state index contributed by atoms with van der Waals surface area (Å²) in [7, 11) is 0. The lowest BCUT2D eigenvalue weighted by molar-refractivity contribution is -0.161. The molecule has 1 aromatic heterocycles. The van der Waals surface area contributed by atoms with E-state index < -0.39 is 52.6 Å². The van der Waals surface area contributed by atoms with Crippen molar-refractivity contribution in [3.05, 3.63) is 28.7 Å². The van der Waals surface area contributed by atoms with Crippen molar-refractivity contribution in [3.8, 4) is 0 Å². The number of rotatable bonds is 9. The van der Waals surface area contributed by atoms with E-state index >= 15 is 0 Å². The highest BCUT2D eigenvalue weighted by Gasteiger charge is 2.54. The number of piperidine rings is 1. The Bertz CT molecular complexity index is 1600. The number of oxime groups is 1. The average Bonchev–Trinajstić information content (AvgIpc) is 3.66. The number of likely N-dealkylation sites (tertiary alicyclic amines) is 2. The van der Waals surface area contributed by atoms with Gasteiger partial charge in [-0.1, -0.05) is 5.16 Å². The van der Waals surface area contributed by atoms with E-state index in [1.165, 1.54) is 36.6 Å². The molecule has 4 amide bonds. The number of nitrogens with zero attached hydrogens (tertiary/aromatic N) is 6. The fourth-order valence-electron chi connectivity index (χ4n) is 5.37. The molecule has 3 atom stereocenters. The third kappa shape index (κ3) is 6.21. The van der Waals surface area contributed by atoms with Gasteiger partial charge in [0, 0.05) is 42.5 Å². The predicted octanol–water partition coefficient (Wildman–Crippen LogP) is -0.256. The van der Waals surface area contributed by atoms with E-state index in [0.717, 1.165) is 16.4 Å². The van der Waals surface area contributed by atoms with Crippen molar-refractivity contribution in [2.75, 3.05) is 31.1 Å². The minimum atomic E-state index is -1.83. The van der Waals surface area contributed by atoms with Gasteiger partial charge >= 0.3 is 18.0 Å². The number of carbonyl (C=O) groups excluding carboxylic acids is 3. The van der Waals surface area contributed by atoms with Crippen LogP contribution in [-0.2, 0) is 28.8 Å². The molecule has 4 aliphatic heterocycles. The van der Waals surface area contributed by atoms with Gasteiger partial charge in [-0.25, -0.2) is 14.4 Å². The zero-order chi connectivity index (χ0) is 33.5. The molecule has 5 heterocycles. The van der Waals surface area contributed by atoms with E-state index in [1.54, 1.807) is 4.90 Å². The van der Waals surface area contributed by atoms with Gasteiger partial charge in [0.2, 0.25) is 23.0 Å². The lowest BCUT2D eigenvalue weighted by Gasteiger charge is -2.49. The number of nitrogens with two attached hydrogens (primary N) is 1. The zero-order valence-corrected chi connectivity index (χ0v) is 26.2. The monoisotopic (exact) mass is 678 g/mol. The summed E-state index contributed by atoms with van der Waals surface area (Å²) in [5.41, 5.74) is 3.57. The van der Waals surface area contributed by atoms with E-state index in [2.05, 4.69) is 19.8 Å². The number of carbonyl (C=O) groups is 6. The summed E-state index contributed by atoms with van der Waals surface area (Å²) in [5.74, 6) is -4.92. The van der Waals surface area contributed by atoms with Gasteiger partial charge < -0.3 is 41.0 Å². The Morgan fingerprint density at radius 3 is 2.52 bits per heavy atom. The number of aromatic nitrogens is 2. The summed E-state index contributed by atoms with van der Waals surface area (Å²) < 4.78 is 3.92. The van der Waals surface area contributed by atoms with Crippen LogP contribution >= 0.6 is 23.3 Å². The molecule has 0 aromatic carbocycles. The quantitative estimate of drug-likeness (QED) is 0.0976. The second-order valence-electron chi connectivity index (χ2n) is 11.3. The highest BCUT2D eigenvalue weighted by Crippen LogP contribution is 2.41. The molecule has 3 fully saturated rings. The maximum atomic E-state index is 13.4. The average molecular weight is 679 g/mol. The van der Waals surface area contributed by atoms with Gasteiger partial charge in [-0.15, -0.1) is 11.8 Å². The molecule has 2 unspecified atom stereocenters. The molecule has 20 heteroatoms. The Kier molecular flexibility index (Phi) is 8.94. The van der Waals surface area contributed by atoms with Crippen LogP contribution in [0.5, 0.6) is 0 Å². The second kappa shape index (κ2) is 12.6. The molecule has 0 saturated carbocycles. The van der Waals surface area contributed by atoms with E-state index in [0.29, 0.717) is 37.9 Å². The maximum Gasteiger partial charge on any atom is 0.407 e. The molecule has 6 N–H and O–H groups in total. The first-order chi connectivity index (χ1) is 21.7. The normalized spacial score (nSPS) is 24.6. The van der Waals surface area contributed by atoms with Crippen molar-refractivity contribution < 1.29 is 48.9 Å². The van der Waals surface area contributed by atoms with Gasteiger partial charge in [-0.05, 0) is 44.8 Å². The summed E-state index contributed by atoms with van der Waals surface area (Å²) >= 11 is 1.93. The smallest absolute Gasteiger partial charge is 0.407 e. The molecule has 246 valence electrons. The first kappa shape index (κ1) is 32.7. The van der Waals surface area contributed by atoms with Gasteiger partial charge in [0.05, 0.1) is 6.04 Å². The number of hydrogen-bond acceptors (Lipinski definition) is 13. The number of thioether (sulfide) groups is 1. The summed E-state index contributed by atoms with van der Waals surface area (Å²) in [6.45, 7) is 3.38. The highest BCUT2D eigenvalue weighted by molar-refractivity contribution is 8.00. The molecule has 0 aliphatic carbocycles. The minimum absolute atomic E-state index is 0.00958. The summed E-state index contributed by atoms with van der Waals surface area (Å²) in [6, 6.07) is -1.46. The van der Waals surface area contributed by atoms with Gasteiger partial charge in [-0.2, -0.15) is 9.36 Å². The fraction of sp³-hybridized carbons (Fsp3) is 0.500. The van der Waals surface area contributed by atoms with Crippen molar-refractivity contribution in [1.29, 1.82) is 0 Å². The van der Waals surface area contributed by atoms with Gasteiger partial charge in [0.25, 0.3) is 11.8 Å². The Hall–Kier alpha value is -4.72. The number of allylic oxidation sites excluding steroid dienone is 1. The predicted molar refractivity (Wildman–Crippen MR) is 160 cm³/mol. The Labute approximate surface area is 269 Å². The van der Waals surface area contributed by atoms with Crippen molar-refractivity contribution in [1.82, 2.24) is 29.4 Å². The third-order valence-electron chi connectivity index (χ3n) is 7.84. The lowest BCUT2D eigenvalue weighted by atomic mass is 9.97. The van der Waals surface area contributed by atoms with Crippen LogP contribution in [-0.4, -0.2) is 129 Å². The summed E-state index contributed by atoms with van der Waals surface area (Å²) in [6.07, 6.45) is 1.95. The van der Waals surface area contributed by atoms with Crippen LogP contribution in [0.25, 0.3) is 0 Å². The number of nitrogens with one attached hydrogen (secondary N) is 1. The number of amides is 4. The molecule has 0 bridgehead atoms. The van der Waals surface area contributed by atoms with Crippen LogP contribution in [0.15, 0.2) is 28.1 Å². The first-order valence-electron chi connectivity index (χ1n) is 14.0. The van der Waals surface area contributed by atoms with Crippen molar-refractivity contribution in [2.45, 2.75) is 56.2 Å². The SMILES string of the molecule is CC(C)(O/N=C(\C(=O)N[C@H]1C(=O)N2C(C(=O)O)=C(/C=C3\CCCN(C4CCN(C(=O)O)C4)C3=O)CSC12)c1nsc(N)n1)C(=O)O. The summed E-state index contributed by atoms with van der Waals surface area (Å²) in [5, 5.41) is 34.0. The van der Waals surface area contributed by atoms with Gasteiger partial charge in [0.1, 0.15) is 17.1 Å². The zero-order valence-electron chi connectivity index (χ0n) is 24.5. The number of carboxylic acids is 2. The highest BCUT2D eigenvalue weighted by atomic mass is 32.2. The number of carboxylic acid groups (broad SMARTS) is 3. The number of aliphatic carboxylic acids is 2. The molecule has 1 aromatic rings. The molecular weight excluding hydrogens is 648 g/mol. The van der Waals surface area contributed by atoms with E-state index in [-0.39, 0.29) is 46.5 Å². The van der Waals surface area contributed by atoms with E-state index in [4.69, 9.17) is 10.6 Å². The molecule has 3 saturated heterocycles. The minimum Gasteiger partial charge on any atom is -0.478 e. The Morgan fingerprint density at radius 1 is 1.17 bits per heavy atom. The fourth-order valence-corrected chi connectivity index (χ4v) is 7.11. The van der Waals surface area contributed by atoms with Crippen LogP contribution in [0.2, 0.25) is 0 Å². The van der Waals surface area contributed by atoms with Crippen LogP contribution in [0, 0.1) is 0 Å². The van der Waals surface area contributed by atoms with Crippen molar-refractivity contribution in [2.24, 2.45) is 5.16 Å². The molecule has 0 spiro atoms. The molecular formula is C26H30N8O10S2. The van der Waals surface area contributed by atoms with Crippen molar-refractivity contribution >= 4 is 69.9 Å². The summed E-state index contributed by atoms with van der Waals surface area (Å²) in [4.78, 5) is 88.0. The number of hydrogen-bond donors (Lipinski definition) is 5. The maximum absolute atomic E-state index is 13.4. The number of anilines is 1. The lowest BCUT2D eigenvalue weighted by Crippen LogP contribution is -2.71. The van der Waals surface area contributed by atoms with Gasteiger partial charge in [-0.3, -0.25) is 19.3 Å². The van der Waals surface area contributed by atoms with E-state index in [9.17, 15) is 44.1 Å². The third-order valence-corrected chi connectivity index (χ3v) is 9.68. The number of β-lactam (4-membered cyclic amide) rings is 1. The Balaban J connectivity index is 1.34. The Morgan fingerprint density at radius 2 is 1.91 bits per heavy atom. The molecule has 4 aliphatic rings. The molecule has 18 nitrogen and oxygen atoms in total. The largest absolute Gasteiger partial charge is 0.478 e. The van der Waals surface area contributed by atoms with Crippen LogP contribution < -0.4 is 11.1 Å². The second-order valence-corrected chi connectivity index (χ2v) is 13.2. The van der Waals surface area contributed by atoms with E-state index in [1.807, 2.05) is 0 Å². The first-order valence-corrected chi connectivity index (χ1v) is 15.8. The van der Waals surface area contributed by atoms with Crippen molar-refractivity contribution in [3.63, 3.8) is 0 Å². The van der Waals surface area contributed by atoms with Crippen LogP contribution in [0.4, 0.5) is 9.93 Å². The van der Waals surface area contributed by atoms with Gasteiger partial charge in [0.15, 0.2) is 5.13 Å². The molecule has 0 radical (unpaired) electrons.